The van der Waals surface area contributed by atoms with Crippen LogP contribution in [0.2, 0.25) is 0 Å². The zero-order valence-electron chi connectivity index (χ0n) is 9.42. The second-order valence-electron chi connectivity index (χ2n) is 5.13. The van der Waals surface area contributed by atoms with E-state index in [2.05, 4.69) is 20.8 Å². The maximum atomic E-state index is 6.02. The minimum atomic E-state index is 0.492. The van der Waals surface area contributed by atoms with Crippen LogP contribution in [0.5, 0.6) is 0 Å². The van der Waals surface area contributed by atoms with Crippen LogP contribution in [0.15, 0.2) is 0 Å². The van der Waals surface area contributed by atoms with Crippen LogP contribution in [0.25, 0.3) is 0 Å². The Hall–Kier alpha value is -0.0400. The van der Waals surface area contributed by atoms with E-state index in [-0.39, 0.29) is 0 Å². The molecule has 0 spiro atoms. The van der Waals surface area contributed by atoms with E-state index in [0.29, 0.717) is 6.04 Å². The lowest BCUT2D eigenvalue weighted by Crippen LogP contribution is -2.33. The highest BCUT2D eigenvalue weighted by molar-refractivity contribution is 4.81. The van der Waals surface area contributed by atoms with Gasteiger partial charge < -0.3 is 5.73 Å². The van der Waals surface area contributed by atoms with Crippen molar-refractivity contribution in [3.8, 4) is 0 Å². The summed E-state index contributed by atoms with van der Waals surface area (Å²) in [6.45, 7) is 6.98. The third-order valence-corrected chi connectivity index (χ3v) is 3.48. The van der Waals surface area contributed by atoms with Crippen molar-refractivity contribution in [1.82, 2.24) is 0 Å². The van der Waals surface area contributed by atoms with E-state index in [0.717, 1.165) is 17.8 Å². The highest BCUT2D eigenvalue weighted by Gasteiger charge is 2.27. The van der Waals surface area contributed by atoms with Gasteiger partial charge in [-0.05, 0) is 43.4 Å². The van der Waals surface area contributed by atoms with Crippen LogP contribution in [0.1, 0.15) is 52.9 Å². The second-order valence-corrected chi connectivity index (χ2v) is 5.13. The quantitative estimate of drug-likeness (QED) is 0.714. The summed E-state index contributed by atoms with van der Waals surface area (Å²) in [6, 6.07) is 0.492. The molecule has 0 heterocycles. The first-order valence-corrected chi connectivity index (χ1v) is 5.89. The molecule has 1 rings (SSSR count). The van der Waals surface area contributed by atoms with E-state index >= 15 is 0 Å². The summed E-state index contributed by atoms with van der Waals surface area (Å²) in [5.74, 6) is 2.71. The monoisotopic (exact) mass is 183 g/mol. The van der Waals surface area contributed by atoms with Crippen molar-refractivity contribution in [2.45, 2.75) is 58.9 Å². The van der Waals surface area contributed by atoms with Crippen molar-refractivity contribution < 1.29 is 0 Å². The Balaban J connectivity index is 2.44. The Morgan fingerprint density at radius 2 is 1.92 bits per heavy atom. The average molecular weight is 183 g/mol. The Bertz CT molecular complexity index is 140. The summed E-state index contributed by atoms with van der Waals surface area (Å²) in [7, 11) is 0. The summed E-state index contributed by atoms with van der Waals surface area (Å²) in [4.78, 5) is 0. The van der Waals surface area contributed by atoms with E-state index in [1.165, 1.54) is 32.1 Å². The molecule has 0 radical (unpaired) electrons. The van der Waals surface area contributed by atoms with Crippen LogP contribution in [0.4, 0.5) is 0 Å². The molecule has 0 saturated heterocycles. The fourth-order valence-corrected chi connectivity index (χ4v) is 2.79. The third-order valence-electron chi connectivity index (χ3n) is 3.48. The first kappa shape index (κ1) is 11.0. The molecule has 78 valence electrons. The third kappa shape index (κ3) is 3.30. The summed E-state index contributed by atoms with van der Waals surface area (Å²) in [5, 5.41) is 0. The first-order chi connectivity index (χ1) is 6.13. The van der Waals surface area contributed by atoms with Gasteiger partial charge in [-0.15, -0.1) is 0 Å². The molecule has 0 aromatic heterocycles. The SMILES string of the molecule is CCC1CCC(N)CC1CC(C)C. The molecule has 2 N–H and O–H groups in total. The van der Waals surface area contributed by atoms with Crippen molar-refractivity contribution >= 4 is 0 Å². The molecule has 0 aromatic carbocycles. The highest BCUT2D eigenvalue weighted by atomic mass is 14.6. The van der Waals surface area contributed by atoms with E-state index < -0.39 is 0 Å². The maximum absolute atomic E-state index is 6.02. The van der Waals surface area contributed by atoms with E-state index in [4.69, 9.17) is 5.73 Å². The van der Waals surface area contributed by atoms with Gasteiger partial charge in [0.15, 0.2) is 0 Å². The molecule has 1 saturated carbocycles. The van der Waals surface area contributed by atoms with Gasteiger partial charge in [0.25, 0.3) is 0 Å². The van der Waals surface area contributed by atoms with Gasteiger partial charge in [0, 0.05) is 6.04 Å². The molecule has 0 aliphatic heterocycles. The van der Waals surface area contributed by atoms with Gasteiger partial charge in [0.05, 0.1) is 0 Å². The van der Waals surface area contributed by atoms with Gasteiger partial charge in [-0.3, -0.25) is 0 Å². The van der Waals surface area contributed by atoms with Crippen LogP contribution in [-0.2, 0) is 0 Å². The lowest BCUT2D eigenvalue weighted by molar-refractivity contribution is 0.182. The predicted molar refractivity (Wildman–Crippen MR) is 58.6 cm³/mol. The lowest BCUT2D eigenvalue weighted by Gasteiger charge is -2.35. The molecule has 0 aromatic rings. The molecule has 0 amide bonds. The Morgan fingerprint density at radius 3 is 2.46 bits per heavy atom. The standard InChI is InChI=1S/C12H25N/c1-4-10-5-6-12(13)8-11(10)7-9(2)3/h9-12H,4-8,13H2,1-3H3. The van der Waals surface area contributed by atoms with Crippen molar-refractivity contribution in [3.63, 3.8) is 0 Å². The number of hydrogen-bond donors (Lipinski definition) is 1. The Kier molecular flexibility index (Phi) is 4.24. The number of hydrogen-bond acceptors (Lipinski definition) is 1. The summed E-state index contributed by atoms with van der Waals surface area (Å²) in [5.41, 5.74) is 6.02. The number of rotatable bonds is 3. The van der Waals surface area contributed by atoms with Gasteiger partial charge in [-0.2, -0.15) is 0 Å². The zero-order valence-corrected chi connectivity index (χ0v) is 9.42. The molecule has 0 bridgehead atoms. The minimum absolute atomic E-state index is 0.492. The second kappa shape index (κ2) is 4.99. The fourth-order valence-electron chi connectivity index (χ4n) is 2.79. The molecule has 1 nitrogen and oxygen atoms in total. The van der Waals surface area contributed by atoms with Crippen LogP contribution < -0.4 is 5.73 Å². The topological polar surface area (TPSA) is 26.0 Å². The average Bonchev–Trinajstić information content (AvgIpc) is 2.03. The van der Waals surface area contributed by atoms with Crippen molar-refractivity contribution in [1.29, 1.82) is 0 Å². The Labute approximate surface area is 83.1 Å². The van der Waals surface area contributed by atoms with E-state index in [1.54, 1.807) is 0 Å². The largest absolute Gasteiger partial charge is 0.328 e. The van der Waals surface area contributed by atoms with Crippen molar-refractivity contribution in [2.24, 2.45) is 23.5 Å². The van der Waals surface area contributed by atoms with Crippen LogP contribution in [-0.4, -0.2) is 6.04 Å². The normalized spacial score (nSPS) is 35.3. The number of nitrogens with two attached hydrogens (primary N) is 1. The highest BCUT2D eigenvalue weighted by Crippen LogP contribution is 2.35. The van der Waals surface area contributed by atoms with E-state index in [9.17, 15) is 0 Å². The summed E-state index contributed by atoms with van der Waals surface area (Å²) < 4.78 is 0. The minimum Gasteiger partial charge on any atom is -0.328 e. The molecular formula is C12H25N. The van der Waals surface area contributed by atoms with Crippen molar-refractivity contribution in [2.75, 3.05) is 0 Å². The van der Waals surface area contributed by atoms with Crippen LogP contribution in [0, 0.1) is 17.8 Å². The predicted octanol–water partition coefficient (Wildman–Crippen LogP) is 3.19. The molecule has 13 heavy (non-hydrogen) atoms. The Morgan fingerprint density at radius 1 is 1.23 bits per heavy atom. The lowest BCUT2D eigenvalue weighted by atomic mass is 9.72. The molecule has 3 atom stereocenters. The van der Waals surface area contributed by atoms with Crippen LogP contribution in [0.3, 0.4) is 0 Å². The molecule has 1 aliphatic rings. The van der Waals surface area contributed by atoms with Gasteiger partial charge in [0.1, 0.15) is 0 Å². The molecular weight excluding hydrogens is 158 g/mol. The molecule has 1 heteroatoms. The molecule has 1 fully saturated rings. The fraction of sp³-hybridized carbons (Fsp3) is 1.00. The van der Waals surface area contributed by atoms with E-state index in [1.807, 2.05) is 0 Å². The van der Waals surface area contributed by atoms with Crippen LogP contribution >= 0.6 is 0 Å². The van der Waals surface area contributed by atoms with Crippen molar-refractivity contribution in [3.05, 3.63) is 0 Å². The first-order valence-electron chi connectivity index (χ1n) is 5.89. The maximum Gasteiger partial charge on any atom is 0.00416 e. The molecule has 3 unspecified atom stereocenters. The van der Waals surface area contributed by atoms with Gasteiger partial charge in [-0.1, -0.05) is 27.2 Å². The molecule has 1 aliphatic carbocycles. The summed E-state index contributed by atoms with van der Waals surface area (Å²) >= 11 is 0. The smallest absolute Gasteiger partial charge is 0.00416 e. The van der Waals surface area contributed by atoms with Gasteiger partial charge in [0.2, 0.25) is 0 Å². The van der Waals surface area contributed by atoms with Gasteiger partial charge >= 0.3 is 0 Å². The summed E-state index contributed by atoms with van der Waals surface area (Å²) in [6.07, 6.45) is 6.63. The van der Waals surface area contributed by atoms with Gasteiger partial charge in [-0.25, -0.2) is 0 Å². The zero-order chi connectivity index (χ0) is 9.84.